The molecule has 0 saturated carbocycles. The highest BCUT2D eigenvalue weighted by Gasteiger charge is 2.49. The van der Waals surface area contributed by atoms with Gasteiger partial charge in [-0.15, -0.1) is 11.3 Å². The maximum absolute atomic E-state index is 12.1. The Morgan fingerprint density at radius 2 is 2.29 bits per heavy atom. The van der Waals surface area contributed by atoms with Crippen LogP contribution in [0.15, 0.2) is 17.5 Å². The third kappa shape index (κ3) is 2.87. The minimum Gasteiger partial charge on any atom is -0.358 e. The molecule has 21 heavy (non-hydrogen) atoms. The number of amides is 1. The molecule has 0 spiro atoms. The molecule has 3 atom stereocenters. The van der Waals surface area contributed by atoms with Gasteiger partial charge >= 0.3 is 0 Å². The van der Waals surface area contributed by atoms with Gasteiger partial charge in [0.25, 0.3) is 0 Å². The van der Waals surface area contributed by atoms with Crippen LogP contribution in [0.25, 0.3) is 0 Å². The Labute approximate surface area is 131 Å². The van der Waals surface area contributed by atoms with Crippen LogP contribution in [0.4, 0.5) is 0 Å². The molecule has 0 radical (unpaired) electrons. The molecule has 2 saturated heterocycles. The molecule has 0 aliphatic carbocycles. The predicted molar refractivity (Wildman–Crippen MR) is 86.3 cm³/mol. The SMILES string of the molecule is CNC(=O)[C@@H]1C[C@H]2CN(Cc3cccs3)C[C@H]2N1C(C)C. The van der Waals surface area contributed by atoms with Crippen molar-refractivity contribution >= 4 is 17.2 Å². The van der Waals surface area contributed by atoms with Crippen LogP contribution in [0.3, 0.4) is 0 Å². The van der Waals surface area contributed by atoms with Crippen LogP contribution in [0.2, 0.25) is 0 Å². The van der Waals surface area contributed by atoms with E-state index in [0.29, 0.717) is 18.0 Å². The number of nitrogens with one attached hydrogen (secondary N) is 1. The number of rotatable bonds is 4. The summed E-state index contributed by atoms with van der Waals surface area (Å²) in [5, 5.41) is 4.98. The van der Waals surface area contributed by atoms with Crippen molar-refractivity contribution in [1.29, 1.82) is 0 Å². The Morgan fingerprint density at radius 3 is 2.90 bits per heavy atom. The van der Waals surface area contributed by atoms with Crippen molar-refractivity contribution in [2.45, 2.75) is 44.9 Å². The molecule has 3 heterocycles. The predicted octanol–water partition coefficient (Wildman–Crippen LogP) is 1.78. The average molecular weight is 307 g/mol. The van der Waals surface area contributed by atoms with Gasteiger partial charge in [0.15, 0.2) is 0 Å². The first kappa shape index (κ1) is 15.0. The summed E-state index contributed by atoms with van der Waals surface area (Å²) in [5.41, 5.74) is 0. The molecule has 5 heteroatoms. The summed E-state index contributed by atoms with van der Waals surface area (Å²) in [6.45, 7) is 7.69. The Morgan fingerprint density at radius 1 is 1.48 bits per heavy atom. The minimum atomic E-state index is 0.0638. The van der Waals surface area contributed by atoms with Gasteiger partial charge in [0.05, 0.1) is 6.04 Å². The second kappa shape index (κ2) is 6.07. The van der Waals surface area contributed by atoms with Gasteiger partial charge in [-0.3, -0.25) is 14.6 Å². The summed E-state index contributed by atoms with van der Waals surface area (Å²) in [6.07, 6.45) is 1.00. The van der Waals surface area contributed by atoms with E-state index in [1.54, 1.807) is 7.05 Å². The van der Waals surface area contributed by atoms with Gasteiger partial charge in [-0.25, -0.2) is 0 Å². The van der Waals surface area contributed by atoms with Crippen molar-refractivity contribution in [3.8, 4) is 0 Å². The van der Waals surface area contributed by atoms with Crippen molar-refractivity contribution in [2.24, 2.45) is 5.92 Å². The number of hydrogen-bond acceptors (Lipinski definition) is 4. The third-order valence-corrected chi connectivity index (χ3v) is 5.72. The minimum absolute atomic E-state index is 0.0638. The maximum Gasteiger partial charge on any atom is 0.237 e. The monoisotopic (exact) mass is 307 g/mol. The molecule has 116 valence electrons. The van der Waals surface area contributed by atoms with E-state index in [0.717, 1.165) is 26.1 Å². The molecule has 1 N–H and O–H groups in total. The van der Waals surface area contributed by atoms with Crippen LogP contribution in [0.1, 0.15) is 25.1 Å². The molecule has 3 rings (SSSR count). The maximum atomic E-state index is 12.1. The zero-order chi connectivity index (χ0) is 15.0. The molecule has 2 aliphatic heterocycles. The van der Waals surface area contributed by atoms with Gasteiger partial charge in [0.2, 0.25) is 5.91 Å². The Kier molecular flexibility index (Phi) is 4.33. The van der Waals surface area contributed by atoms with E-state index >= 15 is 0 Å². The van der Waals surface area contributed by atoms with E-state index in [2.05, 4.69) is 46.5 Å². The van der Waals surface area contributed by atoms with Crippen molar-refractivity contribution in [2.75, 3.05) is 20.1 Å². The normalized spacial score (nSPS) is 30.0. The smallest absolute Gasteiger partial charge is 0.237 e. The number of fused-ring (bicyclic) bond motifs is 1. The van der Waals surface area contributed by atoms with Crippen LogP contribution < -0.4 is 5.32 Å². The summed E-state index contributed by atoms with van der Waals surface area (Å²) >= 11 is 1.83. The third-order valence-electron chi connectivity index (χ3n) is 4.86. The molecule has 0 aromatic carbocycles. The molecule has 2 fully saturated rings. The Bertz CT molecular complexity index is 488. The second-order valence-corrected chi connectivity index (χ2v) is 7.54. The number of likely N-dealkylation sites (N-methyl/N-ethyl adjacent to an activating group) is 1. The molecule has 1 aromatic rings. The molecule has 1 amide bonds. The molecular formula is C16H25N3OS. The van der Waals surface area contributed by atoms with Gasteiger partial charge in [0, 0.05) is 43.6 Å². The van der Waals surface area contributed by atoms with Crippen molar-refractivity contribution in [3.63, 3.8) is 0 Å². The van der Waals surface area contributed by atoms with Gasteiger partial charge in [0.1, 0.15) is 0 Å². The van der Waals surface area contributed by atoms with Crippen molar-refractivity contribution in [3.05, 3.63) is 22.4 Å². The lowest BCUT2D eigenvalue weighted by Gasteiger charge is -2.33. The summed E-state index contributed by atoms with van der Waals surface area (Å²) in [7, 11) is 1.75. The summed E-state index contributed by atoms with van der Waals surface area (Å²) < 4.78 is 0. The fraction of sp³-hybridized carbons (Fsp3) is 0.688. The highest BCUT2D eigenvalue weighted by Crippen LogP contribution is 2.37. The largest absolute Gasteiger partial charge is 0.358 e. The van der Waals surface area contributed by atoms with E-state index in [-0.39, 0.29) is 11.9 Å². The highest BCUT2D eigenvalue weighted by molar-refractivity contribution is 7.09. The summed E-state index contributed by atoms with van der Waals surface area (Å²) in [6, 6.07) is 5.36. The topological polar surface area (TPSA) is 35.6 Å². The number of nitrogens with zero attached hydrogens (tertiary/aromatic N) is 2. The van der Waals surface area contributed by atoms with E-state index < -0.39 is 0 Å². The average Bonchev–Trinajstić information content (AvgIpc) is 3.12. The number of carbonyl (C=O) groups excluding carboxylic acids is 1. The first-order valence-corrected chi connectivity index (χ1v) is 8.72. The van der Waals surface area contributed by atoms with Crippen LogP contribution in [-0.4, -0.2) is 54.0 Å². The summed E-state index contributed by atoms with van der Waals surface area (Å²) in [4.78, 5) is 18.6. The molecule has 4 nitrogen and oxygen atoms in total. The van der Waals surface area contributed by atoms with Crippen molar-refractivity contribution in [1.82, 2.24) is 15.1 Å². The van der Waals surface area contributed by atoms with Crippen LogP contribution in [0.5, 0.6) is 0 Å². The Hall–Kier alpha value is -0.910. The van der Waals surface area contributed by atoms with Crippen LogP contribution in [-0.2, 0) is 11.3 Å². The van der Waals surface area contributed by atoms with E-state index in [4.69, 9.17) is 0 Å². The number of hydrogen-bond donors (Lipinski definition) is 1. The first-order valence-electron chi connectivity index (χ1n) is 7.84. The van der Waals surface area contributed by atoms with Crippen LogP contribution >= 0.6 is 11.3 Å². The lowest BCUT2D eigenvalue weighted by atomic mass is 10.0. The van der Waals surface area contributed by atoms with Gasteiger partial charge in [-0.2, -0.15) is 0 Å². The fourth-order valence-corrected chi connectivity index (χ4v) is 4.80. The molecule has 0 bridgehead atoms. The highest BCUT2D eigenvalue weighted by atomic mass is 32.1. The van der Waals surface area contributed by atoms with E-state index in [9.17, 15) is 4.79 Å². The second-order valence-electron chi connectivity index (χ2n) is 6.51. The van der Waals surface area contributed by atoms with Crippen LogP contribution in [0, 0.1) is 5.92 Å². The van der Waals surface area contributed by atoms with Gasteiger partial charge < -0.3 is 5.32 Å². The first-order chi connectivity index (χ1) is 10.1. The zero-order valence-electron chi connectivity index (χ0n) is 13.1. The number of likely N-dealkylation sites (tertiary alicyclic amines) is 2. The van der Waals surface area contributed by atoms with Crippen molar-refractivity contribution < 1.29 is 4.79 Å². The molecular weight excluding hydrogens is 282 g/mol. The lowest BCUT2D eigenvalue weighted by molar-refractivity contribution is -0.126. The standard InChI is InChI=1S/C16H25N3OS/c1-11(2)19-14(16(20)17-3)7-12-8-18(10-15(12)19)9-13-5-4-6-21-13/h4-6,11-12,14-15H,7-10H2,1-3H3,(H,17,20)/t12-,14-,15+/m0/s1. The quantitative estimate of drug-likeness (QED) is 0.921. The molecule has 2 aliphatic rings. The van der Waals surface area contributed by atoms with Gasteiger partial charge in [-0.1, -0.05) is 6.07 Å². The van der Waals surface area contributed by atoms with Gasteiger partial charge in [-0.05, 0) is 37.6 Å². The van der Waals surface area contributed by atoms with E-state index in [1.165, 1.54) is 4.88 Å². The number of thiophene rings is 1. The summed E-state index contributed by atoms with van der Waals surface area (Å²) in [5.74, 6) is 0.817. The fourth-order valence-electron chi connectivity index (χ4n) is 4.05. The molecule has 1 aromatic heterocycles. The number of carbonyl (C=O) groups is 1. The zero-order valence-corrected chi connectivity index (χ0v) is 13.9. The lowest BCUT2D eigenvalue weighted by Crippen LogP contribution is -2.50. The van der Waals surface area contributed by atoms with E-state index in [1.807, 2.05) is 11.3 Å². The Balaban J connectivity index is 1.69. The molecule has 0 unspecified atom stereocenters.